The van der Waals surface area contributed by atoms with Gasteiger partial charge in [0.15, 0.2) is 0 Å². The Hall–Kier alpha value is -5.04. The minimum atomic E-state index is -3.21. The highest BCUT2D eigenvalue weighted by Gasteiger charge is 2.59. The molecule has 39 heavy (non-hydrogen) atoms. The maximum Gasteiger partial charge on any atom is 0.315 e. The van der Waals surface area contributed by atoms with Crippen molar-refractivity contribution in [2.24, 2.45) is 0 Å². The van der Waals surface area contributed by atoms with Gasteiger partial charge in [0.1, 0.15) is 17.3 Å². The van der Waals surface area contributed by atoms with Crippen LogP contribution in [0.3, 0.4) is 0 Å². The second-order valence-corrected chi connectivity index (χ2v) is 9.41. The number of likely N-dealkylation sites (tertiary alicyclic amines) is 1. The second kappa shape index (κ2) is 10.4. The van der Waals surface area contributed by atoms with Crippen molar-refractivity contribution in [2.45, 2.75) is 30.5 Å². The van der Waals surface area contributed by atoms with Gasteiger partial charge in [-0.2, -0.15) is 0 Å². The van der Waals surface area contributed by atoms with Gasteiger partial charge in [0.25, 0.3) is 5.91 Å². The molecule has 1 spiro atoms. The van der Waals surface area contributed by atoms with Gasteiger partial charge < -0.3 is 15.5 Å². The number of carbonyl (C=O) groups excluding carboxylic acids is 4. The summed E-state index contributed by atoms with van der Waals surface area (Å²) < 4.78 is 24.6. The molecule has 0 bridgehead atoms. The van der Waals surface area contributed by atoms with E-state index < -0.39 is 42.3 Å². The average Bonchev–Trinajstić information content (AvgIpc) is 3.50. The third kappa shape index (κ3) is 4.70. The fraction of sp³-hybridized carbons (Fsp3) is 0.241. The molecule has 2 aromatic carbocycles. The third-order valence-electron chi connectivity index (χ3n) is 7.08. The zero-order valence-electron chi connectivity index (χ0n) is 23.7. The molecule has 0 radical (unpaired) electrons. The number of rotatable bonds is 5. The van der Waals surface area contributed by atoms with Gasteiger partial charge in [-0.1, -0.05) is 54.6 Å². The summed E-state index contributed by atoms with van der Waals surface area (Å²) in [6.45, 7) is 4.42. The number of carbonyl (C=O) groups is 4. The Balaban J connectivity index is 1.53. The molecule has 3 aromatic rings. The summed E-state index contributed by atoms with van der Waals surface area (Å²) in [7, 11) is 0. The molecule has 0 saturated carbocycles. The van der Waals surface area contributed by atoms with E-state index in [4.69, 9.17) is 10.7 Å². The molecule has 5 rings (SSSR count). The summed E-state index contributed by atoms with van der Waals surface area (Å²) in [6, 6.07) is 18.3. The molecule has 3 heterocycles. The summed E-state index contributed by atoms with van der Waals surface area (Å²) in [6.07, 6.45) is 0.0143. The number of para-hydroxylation sites is 1. The van der Waals surface area contributed by atoms with Gasteiger partial charge in [0.2, 0.25) is 5.91 Å². The highest BCUT2D eigenvalue weighted by Crippen LogP contribution is 2.46. The van der Waals surface area contributed by atoms with Crippen molar-refractivity contribution < 1.29 is 23.3 Å². The molecule has 0 unspecified atom stereocenters. The molecule has 1 aromatic heterocycles. The molecule has 2 aliphatic rings. The Labute approximate surface area is 229 Å². The molecule has 10 heteroatoms. The van der Waals surface area contributed by atoms with Gasteiger partial charge >= 0.3 is 18.0 Å². The van der Waals surface area contributed by atoms with Crippen LogP contribution in [0.25, 0.3) is 4.85 Å². The summed E-state index contributed by atoms with van der Waals surface area (Å²) in [5.41, 5.74) is 0.522. The predicted octanol–water partition coefficient (Wildman–Crippen LogP) is 2.46. The Bertz CT molecular complexity index is 1580. The fourth-order valence-corrected chi connectivity index (χ4v) is 5.13. The van der Waals surface area contributed by atoms with Crippen molar-refractivity contribution in [1.82, 2.24) is 14.8 Å². The van der Waals surface area contributed by atoms with Gasteiger partial charge in [0.05, 0.1) is 6.42 Å². The van der Waals surface area contributed by atoms with E-state index in [0.29, 0.717) is 16.8 Å². The average molecular weight is 526 g/mol. The van der Waals surface area contributed by atoms with E-state index in [1.165, 1.54) is 12.3 Å². The van der Waals surface area contributed by atoms with Crippen LogP contribution in [0.1, 0.15) is 21.7 Å². The van der Waals surface area contributed by atoms with Gasteiger partial charge in [-0.15, -0.1) is 0 Å². The Morgan fingerprint density at radius 2 is 1.92 bits per heavy atom. The number of amides is 4. The monoisotopic (exact) mass is 525 g/mol. The summed E-state index contributed by atoms with van der Waals surface area (Å²) >= 11 is 0. The topological polar surface area (TPSA) is 116 Å². The van der Waals surface area contributed by atoms with E-state index in [0.717, 1.165) is 4.90 Å². The molecule has 3 atom stereocenters. The van der Waals surface area contributed by atoms with Crippen LogP contribution in [-0.4, -0.2) is 64.1 Å². The molecule has 10 nitrogen and oxygen atoms in total. The molecule has 1 saturated heterocycles. The van der Waals surface area contributed by atoms with Crippen LogP contribution >= 0.6 is 0 Å². The highest BCUT2D eigenvalue weighted by atomic mass is 16.2. The number of pyridine rings is 1. The summed E-state index contributed by atoms with van der Waals surface area (Å²) in [5, 5.41) is 5.09. The zero-order chi connectivity index (χ0) is 30.1. The lowest BCUT2D eigenvalue weighted by Crippen LogP contribution is -2.54. The molecule has 2 aliphatic heterocycles. The number of hydrogen-bond donors (Lipinski definition) is 2. The lowest BCUT2D eigenvalue weighted by Gasteiger charge is -2.31. The van der Waals surface area contributed by atoms with Crippen LogP contribution in [0.4, 0.5) is 11.5 Å². The summed E-state index contributed by atoms with van der Waals surface area (Å²) in [4.78, 5) is 63.0. The number of anilines is 2. The SMILES string of the molecule is [2H]C([2H])([2H])N(C(=O)C(=O)Nc1ccccn1)[C@@H](Cc1ccccc1)C(=O)N1C[C@]2(C[C@H]1[N+]#[C-])C(=O)Nc1ccccc12. The van der Waals surface area contributed by atoms with Crippen LogP contribution in [0.2, 0.25) is 0 Å². The number of aromatic nitrogens is 1. The fourth-order valence-electron chi connectivity index (χ4n) is 5.13. The van der Waals surface area contributed by atoms with E-state index >= 15 is 0 Å². The molecule has 0 aliphatic carbocycles. The summed E-state index contributed by atoms with van der Waals surface area (Å²) in [5.74, 6) is -3.96. The molecular weight excluding hydrogens is 496 g/mol. The van der Waals surface area contributed by atoms with E-state index in [9.17, 15) is 19.2 Å². The quantitative estimate of drug-likeness (QED) is 0.392. The van der Waals surface area contributed by atoms with Gasteiger partial charge in [0, 0.05) is 35.9 Å². The first kappa shape index (κ1) is 22.0. The van der Waals surface area contributed by atoms with Crippen molar-refractivity contribution in [3.05, 3.63) is 102 Å². The number of hydrogen-bond acceptors (Lipinski definition) is 5. The van der Waals surface area contributed by atoms with E-state index in [1.807, 2.05) is 0 Å². The Kier molecular flexibility index (Phi) is 5.85. The smallest absolute Gasteiger partial charge is 0.315 e. The maximum absolute atomic E-state index is 14.3. The second-order valence-electron chi connectivity index (χ2n) is 9.41. The van der Waals surface area contributed by atoms with Gasteiger partial charge in [-0.05, 0) is 29.3 Å². The number of fused-ring (bicyclic) bond motifs is 2. The van der Waals surface area contributed by atoms with Crippen LogP contribution in [-0.2, 0) is 31.0 Å². The first-order chi connectivity index (χ1) is 20.0. The number of nitrogens with zero attached hydrogens (tertiary/aromatic N) is 4. The first-order valence-electron chi connectivity index (χ1n) is 13.7. The Morgan fingerprint density at radius 3 is 2.64 bits per heavy atom. The van der Waals surface area contributed by atoms with Crippen LogP contribution in [0.15, 0.2) is 79.0 Å². The predicted molar refractivity (Wildman–Crippen MR) is 143 cm³/mol. The lowest BCUT2D eigenvalue weighted by atomic mass is 9.80. The van der Waals surface area contributed by atoms with Crippen molar-refractivity contribution in [1.29, 1.82) is 0 Å². The third-order valence-corrected chi connectivity index (χ3v) is 7.08. The lowest BCUT2D eigenvalue weighted by molar-refractivity contribution is -0.149. The zero-order valence-corrected chi connectivity index (χ0v) is 20.7. The van der Waals surface area contributed by atoms with E-state index in [2.05, 4.69) is 20.5 Å². The van der Waals surface area contributed by atoms with Crippen LogP contribution in [0, 0.1) is 6.57 Å². The van der Waals surface area contributed by atoms with E-state index in [1.54, 1.807) is 66.7 Å². The van der Waals surface area contributed by atoms with E-state index in [-0.39, 0.29) is 36.0 Å². The molecule has 2 N–H and O–H groups in total. The van der Waals surface area contributed by atoms with Crippen molar-refractivity contribution >= 4 is 35.1 Å². The van der Waals surface area contributed by atoms with Gasteiger partial charge in [-0.25, -0.2) is 11.6 Å². The van der Waals surface area contributed by atoms with Crippen LogP contribution < -0.4 is 10.6 Å². The number of benzene rings is 2. The molecule has 196 valence electrons. The number of likely N-dealkylation sites (N-methyl/N-ethyl adjacent to an activating group) is 1. The van der Waals surface area contributed by atoms with Gasteiger partial charge in [-0.3, -0.25) is 28.9 Å². The molecule has 4 amide bonds. The van der Waals surface area contributed by atoms with Crippen LogP contribution in [0.5, 0.6) is 0 Å². The normalized spacial score (nSPS) is 21.5. The molecule has 1 fully saturated rings. The highest BCUT2D eigenvalue weighted by molar-refractivity contribution is 6.39. The minimum absolute atomic E-state index is 0.00891. The largest absolute Gasteiger partial charge is 0.325 e. The minimum Gasteiger partial charge on any atom is -0.325 e. The first-order valence-corrected chi connectivity index (χ1v) is 12.2. The Morgan fingerprint density at radius 1 is 1.18 bits per heavy atom. The van der Waals surface area contributed by atoms with Crippen molar-refractivity contribution in [3.8, 4) is 0 Å². The maximum atomic E-state index is 14.3. The standard InChI is InChI=1S/C29H26N6O4/c1-30-24-17-29(20-12-6-7-13-21(20)32-28(29)39)18-35(24)26(37)22(16-19-10-4-3-5-11-19)34(2)27(38)25(36)33-23-14-8-9-15-31-23/h3-15,22,24H,16-18H2,2H3,(H,32,39)(H,31,33,36)/t22-,24-,29-/m0/s1/i2D3. The van der Waals surface area contributed by atoms with Crippen molar-refractivity contribution in [3.63, 3.8) is 0 Å². The number of nitrogens with one attached hydrogen (secondary N) is 2. The molecular formula is C29H26N6O4. The van der Waals surface area contributed by atoms with Crippen molar-refractivity contribution in [2.75, 3.05) is 24.2 Å².